The molecule has 0 unspecified atom stereocenters. The SMILES string of the molecule is Cc1ccc(S(=O)(=O)OCCOCCOCCOCCOCCOCCOCCO[Si](c2ccccc2)(c2ccccc2)C(C)(C)C)cc1. The zero-order valence-electron chi connectivity index (χ0n) is 29.5. The Morgan fingerprint density at radius 2 is 0.837 bits per heavy atom. The Hall–Kier alpha value is -2.49. The second-order valence-corrected chi connectivity index (χ2v) is 18.2. The van der Waals surface area contributed by atoms with Crippen molar-refractivity contribution in [1.29, 1.82) is 0 Å². The van der Waals surface area contributed by atoms with Crippen LogP contribution in [0.15, 0.2) is 89.8 Å². The first-order valence-corrected chi connectivity index (χ1v) is 20.2. The van der Waals surface area contributed by atoms with Crippen LogP contribution in [0.3, 0.4) is 0 Å². The molecule has 0 radical (unpaired) electrons. The molecule has 0 saturated carbocycles. The molecule has 0 heterocycles. The Bertz CT molecular complexity index is 1340. The summed E-state index contributed by atoms with van der Waals surface area (Å²) in [6, 6.07) is 27.7. The van der Waals surface area contributed by atoms with Gasteiger partial charge in [-0.25, -0.2) is 0 Å². The molecular weight excluding hydrogens is 665 g/mol. The molecule has 0 N–H and O–H groups in total. The fourth-order valence-corrected chi connectivity index (χ4v) is 10.6. The van der Waals surface area contributed by atoms with Crippen molar-refractivity contribution < 1.29 is 45.4 Å². The maximum atomic E-state index is 12.1. The Kier molecular flexibility index (Phi) is 18.7. The number of hydrogen-bond donors (Lipinski definition) is 0. The van der Waals surface area contributed by atoms with Crippen LogP contribution in [-0.2, 0) is 47.1 Å². The second-order valence-electron chi connectivity index (χ2n) is 12.3. The zero-order valence-corrected chi connectivity index (χ0v) is 31.3. The lowest BCUT2D eigenvalue weighted by Crippen LogP contribution is -2.66. The Balaban J connectivity index is 1.12. The monoisotopic (exact) mass is 718 g/mol. The third-order valence-electron chi connectivity index (χ3n) is 7.60. The first kappa shape index (κ1) is 40.9. The van der Waals surface area contributed by atoms with Gasteiger partial charge >= 0.3 is 0 Å². The van der Waals surface area contributed by atoms with Crippen molar-refractivity contribution in [1.82, 2.24) is 0 Å². The maximum Gasteiger partial charge on any atom is 0.297 e. The molecule has 0 fully saturated rings. The van der Waals surface area contributed by atoms with Crippen molar-refractivity contribution in [2.45, 2.75) is 37.6 Å². The van der Waals surface area contributed by atoms with Crippen molar-refractivity contribution in [2.24, 2.45) is 0 Å². The minimum atomic E-state index is -3.78. The highest BCUT2D eigenvalue weighted by atomic mass is 32.2. The van der Waals surface area contributed by atoms with Crippen LogP contribution in [0.4, 0.5) is 0 Å². The van der Waals surface area contributed by atoms with Gasteiger partial charge in [0.2, 0.25) is 0 Å². The minimum Gasteiger partial charge on any atom is -0.405 e. The molecule has 0 aliphatic heterocycles. The molecule has 0 aliphatic rings. The topological polar surface area (TPSA) is 108 Å². The molecule has 0 aromatic heterocycles. The van der Waals surface area contributed by atoms with E-state index in [0.717, 1.165) is 5.56 Å². The normalized spacial score (nSPS) is 12.4. The highest BCUT2D eigenvalue weighted by Crippen LogP contribution is 2.36. The predicted octanol–water partition coefficient (Wildman–Crippen LogP) is 4.38. The number of benzene rings is 3. The molecule has 49 heavy (non-hydrogen) atoms. The standard InChI is InChI=1S/C37H54O10SSi/c1-33-15-17-34(18-16-33)48(38,39)46-31-29-44-27-25-42-23-21-40-19-20-41-22-24-43-26-28-45-30-32-47-49(37(2,3)4,35-11-7-5-8-12-35)36-13-9-6-10-14-36/h5-18H,19-32H2,1-4H3. The lowest BCUT2D eigenvalue weighted by molar-refractivity contribution is -0.0188. The fourth-order valence-electron chi connectivity index (χ4n) is 5.19. The summed E-state index contributed by atoms with van der Waals surface area (Å²) < 4.78 is 69.4. The van der Waals surface area contributed by atoms with Gasteiger partial charge in [-0.05, 0) is 34.5 Å². The largest absolute Gasteiger partial charge is 0.405 e. The summed E-state index contributed by atoms with van der Waals surface area (Å²) in [6.45, 7) is 14.2. The lowest BCUT2D eigenvalue weighted by Gasteiger charge is -2.43. The van der Waals surface area contributed by atoms with Crippen LogP contribution in [0.5, 0.6) is 0 Å². The van der Waals surface area contributed by atoms with E-state index in [1.165, 1.54) is 22.5 Å². The van der Waals surface area contributed by atoms with Gasteiger partial charge in [0, 0.05) is 0 Å². The zero-order chi connectivity index (χ0) is 35.3. The number of hydrogen-bond acceptors (Lipinski definition) is 10. The lowest BCUT2D eigenvalue weighted by atomic mass is 10.2. The molecule has 0 atom stereocenters. The van der Waals surface area contributed by atoms with Crippen LogP contribution in [0, 0.1) is 6.92 Å². The van der Waals surface area contributed by atoms with Gasteiger partial charge in [0.1, 0.15) is 0 Å². The summed E-state index contributed by atoms with van der Waals surface area (Å²) in [7, 11) is -6.32. The third kappa shape index (κ3) is 14.3. The van der Waals surface area contributed by atoms with Crippen LogP contribution in [0.2, 0.25) is 5.04 Å². The summed E-state index contributed by atoms with van der Waals surface area (Å²) in [4.78, 5) is 0.131. The summed E-state index contributed by atoms with van der Waals surface area (Å²) in [6.07, 6.45) is 0. The second kappa shape index (κ2) is 22.4. The van der Waals surface area contributed by atoms with E-state index in [1.54, 1.807) is 12.1 Å². The molecule has 10 nitrogen and oxygen atoms in total. The molecule has 0 amide bonds. The van der Waals surface area contributed by atoms with Crippen LogP contribution in [0.25, 0.3) is 0 Å². The van der Waals surface area contributed by atoms with E-state index in [4.69, 9.17) is 37.0 Å². The molecule has 3 rings (SSSR count). The van der Waals surface area contributed by atoms with Gasteiger partial charge in [-0.2, -0.15) is 8.42 Å². The van der Waals surface area contributed by atoms with Crippen molar-refractivity contribution in [2.75, 3.05) is 92.5 Å². The Morgan fingerprint density at radius 1 is 0.490 bits per heavy atom. The van der Waals surface area contributed by atoms with Crippen molar-refractivity contribution in [3.63, 3.8) is 0 Å². The van der Waals surface area contributed by atoms with Gasteiger partial charge in [-0.3, -0.25) is 4.18 Å². The molecule has 3 aromatic carbocycles. The van der Waals surface area contributed by atoms with E-state index in [1.807, 2.05) is 19.1 Å². The predicted molar refractivity (Wildman–Crippen MR) is 193 cm³/mol. The van der Waals surface area contributed by atoms with Gasteiger partial charge < -0.3 is 32.8 Å². The Labute approximate surface area is 294 Å². The van der Waals surface area contributed by atoms with Crippen molar-refractivity contribution >= 4 is 28.8 Å². The molecule has 3 aromatic rings. The van der Waals surface area contributed by atoms with E-state index >= 15 is 0 Å². The first-order chi connectivity index (χ1) is 23.7. The average Bonchev–Trinajstić information content (AvgIpc) is 3.09. The third-order valence-corrected chi connectivity index (χ3v) is 14.0. The van der Waals surface area contributed by atoms with Crippen molar-refractivity contribution in [3.8, 4) is 0 Å². The highest BCUT2D eigenvalue weighted by molar-refractivity contribution is 7.86. The minimum absolute atomic E-state index is 0.0573. The van der Waals surface area contributed by atoms with Gasteiger partial charge in [-0.1, -0.05) is 99.1 Å². The molecule has 272 valence electrons. The van der Waals surface area contributed by atoms with Crippen LogP contribution in [0.1, 0.15) is 26.3 Å². The van der Waals surface area contributed by atoms with E-state index < -0.39 is 18.4 Å². The molecular formula is C37H54O10SSi. The van der Waals surface area contributed by atoms with Gasteiger partial charge in [0.25, 0.3) is 18.4 Å². The molecule has 0 bridgehead atoms. The summed E-state index contributed by atoms with van der Waals surface area (Å²) in [5.41, 5.74) is 0.978. The number of rotatable bonds is 26. The van der Waals surface area contributed by atoms with E-state index in [2.05, 4.69) is 69.3 Å². The number of aryl methyl sites for hydroxylation is 1. The van der Waals surface area contributed by atoms with Crippen LogP contribution >= 0.6 is 0 Å². The molecule has 12 heteroatoms. The summed E-state index contributed by atoms with van der Waals surface area (Å²) >= 11 is 0. The highest BCUT2D eigenvalue weighted by Gasteiger charge is 2.50. The fraction of sp³-hybridized carbons (Fsp3) is 0.514. The molecule has 0 spiro atoms. The Morgan fingerprint density at radius 3 is 1.20 bits per heavy atom. The van der Waals surface area contributed by atoms with Crippen LogP contribution in [-0.4, -0.2) is 109 Å². The van der Waals surface area contributed by atoms with E-state index in [0.29, 0.717) is 79.3 Å². The number of ether oxygens (including phenoxy) is 6. The van der Waals surface area contributed by atoms with Crippen LogP contribution < -0.4 is 10.4 Å². The van der Waals surface area contributed by atoms with Gasteiger partial charge in [0.15, 0.2) is 0 Å². The summed E-state index contributed by atoms with van der Waals surface area (Å²) in [5, 5.41) is 2.45. The van der Waals surface area contributed by atoms with Gasteiger partial charge in [0.05, 0.1) is 97.4 Å². The smallest absolute Gasteiger partial charge is 0.297 e. The molecule has 0 aliphatic carbocycles. The van der Waals surface area contributed by atoms with Gasteiger partial charge in [-0.15, -0.1) is 0 Å². The van der Waals surface area contributed by atoms with E-state index in [9.17, 15) is 8.42 Å². The first-order valence-electron chi connectivity index (χ1n) is 16.8. The average molecular weight is 719 g/mol. The quantitative estimate of drug-likeness (QED) is 0.0675. The van der Waals surface area contributed by atoms with Crippen molar-refractivity contribution in [3.05, 3.63) is 90.5 Å². The maximum absolute atomic E-state index is 12.1. The van der Waals surface area contributed by atoms with E-state index in [-0.39, 0.29) is 23.1 Å². The molecule has 0 saturated heterocycles. The summed E-state index contributed by atoms with van der Waals surface area (Å²) in [5.74, 6) is 0.